The van der Waals surface area contributed by atoms with E-state index in [4.69, 9.17) is 10.1 Å². The summed E-state index contributed by atoms with van der Waals surface area (Å²) in [5.41, 5.74) is 3.19. The molecule has 1 aliphatic rings. The van der Waals surface area contributed by atoms with Gasteiger partial charge in [0.15, 0.2) is 0 Å². The van der Waals surface area contributed by atoms with E-state index >= 15 is 0 Å². The molecule has 0 aromatic rings. The Bertz CT molecular complexity index is 192. The van der Waals surface area contributed by atoms with Crippen LogP contribution in [0, 0.1) is 22.7 Å². The lowest BCUT2D eigenvalue weighted by atomic mass is 10.0. The number of nitriles is 1. The van der Waals surface area contributed by atoms with E-state index < -0.39 is 0 Å². The van der Waals surface area contributed by atoms with E-state index in [1.54, 1.807) is 0 Å². The van der Waals surface area contributed by atoms with E-state index in [0.717, 1.165) is 13.2 Å². The van der Waals surface area contributed by atoms with Crippen LogP contribution in [0.2, 0.25) is 0 Å². The summed E-state index contributed by atoms with van der Waals surface area (Å²) < 4.78 is 0. The third kappa shape index (κ3) is 3.75. The molecule has 1 saturated carbocycles. The van der Waals surface area contributed by atoms with E-state index in [9.17, 15) is 0 Å². The fraction of sp³-hybridized carbons (Fsp3) is 0.900. The van der Waals surface area contributed by atoms with Crippen LogP contribution in [0.5, 0.6) is 0 Å². The number of rotatable bonds is 6. The number of hydrogen-bond donors (Lipinski definition) is 1. The normalized spacial score (nSPS) is 18.6. The predicted molar refractivity (Wildman–Crippen MR) is 50.7 cm³/mol. The summed E-state index contributed by atoms with van der Waals surface area (Å²) in [5, 5.41) is 8.57. The minimum atomic E-state index is 0.242. The smallest absolute Gasteiger partial charge is 0.0705 e. The third-order valence-corrected chi connectivity index (χ3v) is 2.38. The second kappa shape index (κ2) is 4.59. The van der Waals surface area contributed by atoms with Crippen molar-refractivity contribution in [2.75, 3.05) is 13.2 Å². The van der Waals surface area contributed by atoms with Crippen LogP contribution in [0.1, 0.15) is 33.1 Å². The highest BCUT2D eigenvalue weighted by molar-refractivity contribution is 5.00. The second-order valence-electron chi connectivity index (χ2n) is 4.36. The van der Waals surface area contributed by atoms with Crippen molar-refractivity contribution in [3.63, 3.8) is 0 Å². The Morgan fingerprint density at radius 2 is 2.23 bits per heavy atom. The molecule has 0 atom stereocenters. The van der Waals surface area contributed by atoms with Gasteiger partial charge in [0.2, 0.25) is 0 Å². The van der Waals surface area contributed by atoms with E-state index in [-0.39, 0.29) is 5.41 Å². The Morgan fingerprint density at radius 1 is 1.54 bits per heavy atom. The second-order valence-corrected chi connectivity index (χ2v) is 4.36. The summed E-state index contributed by atoms with van der Waals surface area (Å²) >= 11 is 0. The van der Waals surface area contributed by atoms with Crippen molar-refractivity contribution in [1.82, 2.24) is 5.48 Å². The van der Waals surface area contributed by atoms with Gasteiger partial charge in [-0.1, -0.05) is 13.8 Å². The molecule has 1 rings (SSSR count). The summed E-state index contributed by atoms with van der Waals surface area (Å²) in [4.78, 5) is 5.26. The Balaban J connectivity index is 2.03. The molecule has 1 aliphatic carbocycles. The van der Waals surface area contributed by atoms with Crippen LogP contribution in [0.15, 0.2) is 0 Å². The molecular formula is C10H18N2O. The molecule has 1 N–H and O–H groups in total. The summed E-state index contributed by atoms with van der Waals surface area (Å²) in [6, 6.07) is 2.22. The first-order chi connectivity index (χ1) is 6.18. The molecule has 3 nitrogen and oxygen atoms in total. The van der Waals surface area contributed by atoms with Gasteiger partial charge in [-0.05, 0) is 24.2 Å². The monoisotopic (exact) mass is 182 g/mol. The molecule has 0 aromatic heterocycles. The van der Waals surface area contributed by atoms with Crippen LogP contribution in [-0.4, -0.2) is 13.2 Å². The molecule has 0 unspecified atom stereocenters. The summed E-state index contributed by atoms with van der Waals surface area (Å²) in [6.07, 6.45) is 2.99. The van der Waals surface area contributed by atoms with Crippen molar-refractivity contribution in [2.24, 2.45) is 11.3 Å². The molecule has 0 spiro atoms. The predicted octanol–water partition coefficient (Wildman–Crippen LogP) is 1.86. The van der Waals surface area contributed by atoms with Gasteiger partial charge >= 0.3 is 0 Å². The van der Waals surface area contributed by atoms with Gasteiger partial charge in [-0.2, -0.15) is 5.26 Å². The molecule has 0 heterocycles. The van der Waals surface area contributed by atoms with Gasteiger partial charge in [-0.25, -0.2) is 5.48 Å². The van der Waals surface area contributed by atoms with Crippen molar-refractivity contribution in [1.29, 1.82) is 5.26 Å². The fourth-order valence-corrected chi connectivity index (χ4v) is 1.19. The maximum absolute atomic E-state index is 8.57. The van der Waals surface area contributed by atoms with E-state index in [0.29, 0.717) is 12.3 Å². The molecule has 1 fully saturated rings. The first-order valence-corrected chi connectivity index (χ1v) is 4.90. The van der Waals surface area contributed by atoms with Crippen molar-refractivity contribution in [3.8, 4) is 6.07 Å². The molecular weight excluding hydrogens is 164 g/mol. The highest BCUT2D eigenvalue weighted by Crippen LogP contribution is 2.47. The Hall–Kier alpha value is -0.590. The van der Waals surface area contributed by atoms with Crippen LogP contribution < -0.4 is 5.48 Å². The molecule has 0 radical (unpaired) electrons. The first-order valence-electron chi connectivity index (χ1n) is 4.90. The number of hydrogen-bond acceptors (Lipinski definition) is 3. The standard InChI is InChI=1S/C10H18N2O/c1-9(2)7-13-12-8-10(3-4-10)5-6-11/h9,12H,3-5,7-8H2,1-2H3. The topological polar surface area (TPSA) is 45.0 Å². The summed E-state index contributed by atoms with van der Waals surface area (Å²) in [6.45, 7) is 5.80. The van der Waals surface area contributed by atoms with Crippen LogP contribution >= 0.6 is 0 Å². The molecule has 3 heteroatoms. The SMILES string of the molecule is CC(C)CONCC1(CC#N)CC1. The van der Waals surface area contributed by atoms with Crippen LogP contribution in [0.4, 0.5) is 0 Å². The van der Waals surface area contributed by atoms with Gasteiger partial charge < -0.3 is 4.84 Å². The van der Waals surface area contributed by atoms with E-state index in [1.807, 2.05) is 0 Å². The quantitative estimate of drug-likeness (QED) is 0.503. The molecule has 0 aliphatic heterocycles. The van der Waals surface area contributed by atoms with Crippen LogP contribution in [-0.2, 0) is 4.84 Å². The van der Waals surface area contributed by atoms with Gasteiger partial charge in [0.25, 0.3) is 0 Å². The van der Waals surface area contributed by atoms with Gasteiger partial charge in [0.1, 0.15) is 0 Å². The maximum Gasteiger partial charge on any atom is 0.0705 e. The minimum Gasteiger partial charge on any atom is -0.302 e. The lowest BCUT2D eigenvalue weighted by Gasteiger charge is -2.13. The van der Waals surface area contributed by atoms with Crippen molar-refractivity contribution < 1.29 is 4.84 Å². The number of nitrogens with one attached hydrogen (secondary N) is 1. The lowest BCUT2D eigenvalue weighted by molar-refractivity contribution is 0.0139. The first kappa shape index (κ1) is 10.5. The molecule has 0 aromatic carbocycles. The van der Waals surface area contributed by atoms with Crippen LogP contribution in [0.25, 0.3) is 0 Å². The van der Waals surface area contributed by atoms with E-state index in [1.165, 1.54) is 12.8 Å². The van der Waals surface area contributed by atoms with Gasteiger partial charge in [-0.3, -0.25) is 0 Å². The Kier molecular flexibility index (Phi) is 3.71. The zero-order valence-corrected chi connectivity index (χ0v) is 8.47. The lowest BCUT2D eigenvalue weighted by Crippen LogP contribution is -2.25. The van der Waals surface area contributed by atoms with Gasteiger partial charge in [0, 0.05) is 13.0 Å². The van der Waals surface area contributed by atoms with E-state index in [2.05, 4.69) is 25.4 Å². The van der Waals surface area contributed by atoms with Crippen molar-refractivity contribution >= 4 is 0 Å². The fourth-order valence-electron chi connectivity index (χ4n) is 1.19. The average molecular weight is 182 g/mol. The molecule has 74 valence electrons. The molecule has 0 bridgehead atoms. The summed E-state index contributed by atoms with van der Waals surface area (Å²) in [7, 11) is 0. The third-order valence-electron chi connectivity index (χ3n) is 2.38. The zero-order chi connectivity index (χ0) is 9.73. The summed E-state index contributed by atoms with van der Waals surface area (Å²) in [5.74, 6) is 0.554. The largest absolute Gasteiger partial charge is 0.302 e. The van der Waals surface area contributed by atoms with Gasteiger partial charge in [-0.15, -0.1) is 0 Å². The molecule has 0 saturated heterocycles. The van der Waals surface area contributed by atoms with Crippen molar-refractivity contribution in [3.05, 3.63) is 0 Å². The van der Waals surface area contributed by atoms with Gasteiger partial charge in [0.05, 0.1) is 12.7 Å². The minimum absolute atomic E-state index is 0.242. The number of hydroxylamine groups is 1. The molecule has 0 amide bonds. The highest BCUT2D eigenvalue weighted by atomic mass is 16.6. The number of nitrogens with zero attached hydrogens (tertiary/aromatic N) is 1. The maximum atomic E-state index is 8.57. The zero-order valence-electron chi connectivity index (χ0n) is 8.47. The Labute approximate surface area is 80.0 Å². The highest BCUT2D eigenvalue weighted by Gasteiger charge is 2.42. The average Bonchev–Trinajstić information content (AvgIpc) is 2.80. The van der Waals surface area contributed by atoms with Crippen LogP contribution in [0.3, 0.4) is 0 Å². The Morgan fingerprint density at radius 3 is 2.69 bits per heavy atom. The molecule has 13 heavy (non-hydrogen) atoms. The van der Waals surface area contributed by atoms with Crippen molar-refractivity contribution in [2.45, 2.75) is 33.1 Å².